The van der Waals surface area contributed by atoms with Crippen LogP contribution in [0.5, 0.6) is 0 Å². The second-order valence-electron chi connectivity index (χ2n) is 2.63. The zero-order valence-corrected chi connectivity index (χ0v) is 9.08. The molecule has 0 amide bonds. The Balaban J connectivity index is 2.44. The van der Waals surface area contributed by atoms with E-state index in [9.17, 15) is 4.79 Å². The van der Waals surface area contributed by atoms with Gasteiger partial charge in [-0.2, -0.15) is 0 Å². The first-order chi connectivity index (χ1) is 6.77. The van der Waals surface area contributed by atoms with Crippen LogP contribution < -0.4 is 4.90 Å². The average molecular weight is 215 g/mol. The summed E-state index contributed by atoms with van der Waals surface area (Å²) in [6.07, 6.45) is 0.379. The predicted molar refractivity (Wildman–Crippen MR) is 54.4 cm³/mol. The van der Waals surface area contributed by atoms with Crippen molar-refractivity contribution >= 4 is 22.4 Å². The van der Waals surface area contributed by atoms with Crippen LogP contribution in [0.3, 0.4) is 0 Å². The van der Waals surface area contributed by atoms with Crippen molar-refractivity contribution in [2.45, 2.75) is 13.3 Å². The van der Waals surface area contributed by atoms with Crippen molar-refractivity contribution in [3.05, 3.63) is 5.51 Å². The van der Waals surface area contributed by atoms with E-state index in [0.29, 0.717) is 13.0 Å². The van der Waals surface area contributed by atoms with Crippen LogP contribution >= 0.6 is 11.3 Å². The number of ether oxygens (including phenoxy) is 1. The van der Waals surface area contributed by atoms with E-state index in [1.807, 2.05) is 11.8 Å². The molecular formula is C8H13N3O2S. The molecule has 0 saturated carbocycles. The van der Waals surface area contributed by atoms with Crippen LogP contribution in [0, 0.1) is 0 Å². The Morgan fingerprint density at radius 1 is 1.71 bits per heavy atom. The number of aromatic nitrogens is 2. The van der Waals surface area contributed by atoms with Crippen molar-refractivity contribution in [2.24, 2.45) is 0 Å². The van der Waals surface area contributed by atoms with Gasteiger partial charge in [-0.1, -0.05) is 11.3 Å². The largest absolute Gasteiger partial charge is 0.469 e. The molecule has 0 aliphatic heterocycles. The number of methoxy groups -OCH3 is 1. The van der Waals surface area contributed by atoms with E-state index in [1.165, 1.54) is 18.4 Å². The molecule has 0 bridgehead atoms. The third kappa shape index (κ3) is 2.95. The Hall–Kier alpha value is -1.17. The van der Waals surface area contributed by atoms with Crippen molar-refractivity contribution < 1.29 is 9.53 Å². The lowest BCUT2D eigenvalue weighted by molar-refractivity contribution is -0.140. The molecule has 14 heavy (non-hydrogen) atoms. The van der Waals surface area contributed by atoms with Crippen molar-refractivity contribution in [1.82, 2.24) is 10.2 Å². The van der Waals surface area contributed by atoms with E-state index < -0.39 is 0 Å². The number of hydrogen-bond acceptors (Lipinski definition) is 6. The van der Waals surface area contributed by atoms with E-state index >= 15 is 0 Å². The quantitative estimate of drug-likeness (QED) is 0.684. The summed E-state index contributed by atoms with van der Waals surface area (Å²) in [5.41, 5.74) is 1.68. The zero-order valence-electron chi connectivity index (χ0n) is 8.27. The van der Waals surface area contributed by atoms with Crippen LogP contribution in [0.2, 0.25) is 0 Å². The van der Waals surface area contributed by atoms with Gasteiger partial charge in [-0.15, -0.1) is 10.2 Å². The van der Waals surface area contributed by atoms with Crippen LogP contribution in [-0.4, -0.2) is 36.4 Å². The van der Waals surface area contributed by atoms with E-state index in [0.717, 1.165) is 11.7 Å². The Labute approximate surface area is 86.7 Å². The summed E-state index contributed by atoms with van der Waals surface area (Å²) in [4.78, 5) is 12.9. The summed E-state index contributed by atoms with van der Waals surface area (Å²) in [6, 6.07) is 0. The first-order valence-electron chi connectivity index (χ1n) is 4.35. The highest BCUT2D eigenvalue weighted by Gasteiger charge is 2.09. The van der Waals surface area contributed by atoms with Gasteiger partial charge < -0.3 is 9.64 Å². The SMILES string of the molecule is CCN(CCC(=O)OC)c1nncs1. The minimum absolute atomic E-state index is 0.201. The molecule has 5 nitrogen and oxygen atoms in total. The van der Waals surface area contributed by atoms with Crippen molar-refractivity contribution in [1.29, 1.82) is 0 Å². The molecular weight excluding hydrogens is 202 g/mol. The molecule has 78 valence electrons. The maximum absolute atomic E-state index is 10.9. The fraction of sp³-hybridized carbons (Fsp3) is 0.625. The lowest BCUT2D eigenvalue weighted by Gasteiger charge is -2.17. The Bertz CT molecular complexity index is 276. The van der Waals surface area contributed by atoms with Crippen LogP contribution in [0.4, 0.5) is 5.13 Å². The molecule has 0 aliphatic carbocycles. The van der Waals surface area contributed by atoms with Crippen molar-refractivity contribution in [3.63, 3.8) is 0 Å². The fourth-order valence-corrected chi connectivity index (χ4v) is 1.67. The number of esters is 1. The summed E-state index contributed by atoms with van der Waals surface area (Å²) in [5.74, 6) is -0.201. The van der Waals surface area contributed by atoms with Gasteiger partial charge in [0, 0.05) is 13.1 Å². The summed E-state index contributed by atoms with van der Waals surface area (Å²) in [7, 11) is 1.39. The summed E-state index contributed by atoms with van der Waals surface area (Å²) in [5, 5.41) is 8.53. The standard InChI is InChI=1S/C8H13N3O2S/c1-3-11(5-4-7(12)13-2)8-10-9-6-14-8/h6H,3-5H2,1-2H3. The van der Waals surface area contributed by atoms with Gasteiger partial charge in [0.2, 0.25) is 5.13 Å². The number of carbonyl (C=O) groups excluding carboxylic acids is 1. The molecule has 0 radical (unpaired) electrons. The summed E-state index contributed by atoms with van der Waals surface area (Å²) < 4.78 is 4.56. The molecule has 1 aromatic heterocycles. The third-order valence-corrected chi connectivity index (χ3v) is 2.56. The number of nitrogens with zero attached hydrogens (tertiary/aromatic N) is 3. The van der Waals surface area contributed by atoms with Crippen molar-refractivity contribution in [3.8, 4) is 0 Å². The zero-order chi connectivity index (χ0) is 10.4. The van der Waals surface area contributed by atoms with Gasteiger partial charge in [0.05, 0.1) is 13.5 Å². The minimum Gasteiger partial charge on any atom is -0.469 e. The predicted octanol–water partition coefficient (Wildman–Crippen LogP) is 0.927. The smallest absolute Gasteiger partial charge is 0.307 e. The maximum Gasteiger partial charge on any atom is 0.307 e. The highest BCUT2D eigenvalue weighted by molar-refractivity contribution is 7.13. The lowest BCUT2D eigenvalue weighted by atomic mass is 10.4. The molecule has 0 atom stereocenters. The van der Waals surface area contributed by atoms with Crippen LogP contribution in [0.15, 0.2) is 5.51 Å². The first-order valence-corrected chi connectivity index (χ1v) is 5.23. The Morgan fingerprint density at radius 3 is 3.00 bits per heavy atom. The molecule has 0 fully saturated rings. The number of carbonyl (C=O) groups is 1. The second-order valence-corrected chi connectivity index (χ2v) is 3.44. The van der Waals surface area contributed by atoms with Gasteiger partial charge in [0.25, 0.3) is 0 Å². The van der Waals surface area contributed by atoms with E-state index in [4.69, 9.17) is 0 Å². The highest BCUT2D eigenvalue weighted by atomic mass is 32.1. The monoisotopic (exact) mass is 215 g/mol. The summed E-state index contributed by atoms with van der Waals surface area (Å²) >= 11 is 1.47. The van der Waals surface area contributed by atoms with E-state index in [1.54, 1.807) is 5.51 Å². The van der Waals surface area contributed by atoms with E-state index in [2.05, 4.69) is 14.9 Å². The van der Waals surface area contributed by atoms with Gasteiger partial charge >= 0.3 is 5.97 Å². The normalized spacial score (nSPS) is 9.86. The van der Waals surface area contributed by atoms with Gasteiger partial charge in [0.15, 0.2) is 0 Å². The Morgan fingerprint density at radius 2 is 2.50 bits per heavy atom. The second kappa shape index (κ2) is 5.54. The average Bonchev–Trinajstić information content (AvgIpc) is 2.72. The first kappa shape index (κ1) is 10.9. The minimum atomic E-state index is -0.201. The fourth-order valence-electron chi connectivity index (χ4n) is 1.02. The molecule has 0 N–H and O–H groups in total. The number of hydrogen-bond donors (Lipinski definition) is 0. The lowest BCUT2D eigenvalue weighted by Crippen LogP contribution is -2.25. The Kier molecular flexibility index (Phi) is 4.31. The molecule has 1 heterocycles. The highest BCUT2D eigenvalue weighted by Crippen LogP contribution is 2.15. The van der Waals surface area contributed by atoms with Gasteiger partial charge in [-0.25, -0.2) is 0 Å². The van der Waals surface area contributed by atoms with Crippen LogP contribution in [0.25, 0.3) is 0 Å². The third-order valence-electron chi connectivity index (χ3n) is 1.81. The van der Waals surface area contributed by atoms with E-state index in [-0.39, 0.29) is 5.97 Å². The molecule has 0 spiro atoms. The van der Waals surface area contributed by atoms with Gasteiger partial charge in [-0.05, 0) is 6.92 Å². The number of rotatable bonds is 5. The molecule has 0 aromatic carbocycles. The molecule has 1 aromatic rings. The van der Waals surface area contributed by atoms with Crippen LogP contribution in [-0.2, 0) is 9.53 Å². The number of anilines is 1. The van der Waals surface area contributed by atoms with Gasteiger partial charge in [-0.3, -0.25) is 4.79 Å². The van der Waals surface area contributed by atoms with Crippen LogP contribution in [0.1, 0.15) is 13.3 Å². The molecule has 0 saturated heterocycles. The molecule has 6 heteroatoms. The topological polar surface area (TPSA) is 55.3 Å². The summed E-state index contributed by atoms with van der Waals surface area (Å²) in [6.45, 7) is 3.45. The van der Waals surface area contributed by atoms with Crippen molar-refractivity contribution in [2.75, 3.05) is 25.1 Å². The maximum atomic E-state index is 10.9. The van der Waals surface area contributed by atoms with Gasteiger partial charge in [0.1, 0.15) is 5.51 Å². The molecule has 0 unspecified atom stereocenters. The molecule has 1 rings (SSSR count). The molecule has 0 aliphatic rings.